The summed E-state index contributed by atoms with van der Waals surface area (Å²) in [4.78, 5) is 2.55. The van der Waals surface area contributed by atoms with Gasteiger partial charge in [0.05, 0.1) is 12.3 Å². The van der Waals surface area contributed by atoms with Crippen LogP contribution in [0, 0.1) is 0 Å². The molecule has 0 aliphatic carbocycles. The van der Waals surface area contributed by atoms with Crippen molar-refractivity contribution in [2.24, 2.45) is 0 Å². The number of nitrogens with one attached hydrogen (secondary N) is 1. The highest BCUT2D eigenvalue weighted by Gasteiger charge is 2.19. The van der Waals surface area contributed by atoms with Crippen LogP contribution in [0.3, 0.4) is 0 Å². The van der Waals surface area contributed by atoms with Gasteiger partial charge in [0.1, 0.15) is 5.75 Å². The molecule has 1 aliphatic heterocycles. The largest absolute Gasteiger partial charge is 0.491 e. The van der Waals surface area contributed by atoms with E-state index < -0.39 is 0 Å². The van der Waals surface area contributed by atoms with E-state index in [-0.39, 0.29) is 0 Å². The zero-order valence-electron chi connectivity index (χ0n) is 13.2. The van der Waals surface area contributed by atoms with Gasteiger partial charge in [-0.15, -0.1) is 0 Å². The summed E-state index contributed by atoms with van der Waals surface area (Å²) in [5.41, 5.74) is 1.03. The summed E-state index contributed by atoms with van der Waals surface area (Å²) < 4.78 is 5.81. The topological polar surface area (TPSA) is 24.5 Å². The number of piperidine rings is 1. The maximum Gasteiger partial charge on any atom is 0.142 e. The monoisotopic (exact) mass is 310 g/mol. The minimum atomic E-state index is 0.514. The van der Waals surface area contributed by atoms with Crippen molar-refractivity contribution in [1.82, 2.24) is 4.90 Å². The minimum absolute atomic E-state index is 0.514. The highest BCUT2D eigenvalue weighted by Crippen LogP contribution is 2.30. The number of rotatable bonds is 7. The zero-order chi connectivity index (χ0) is 15.1. The van der Waals surface area contributed by atoms with Crippen LogP contribution in [0.4, 0.5) is 5.69 Å². The Morgan fingerprint density at radius 1 is 1.24 bits per heavy atom. The lowest BCUT2D eigenvalue weighted by Crippen LogP contribution is -2.39. The van der Waals surface area contributed by atoms with Crippen molar-refractivity contribution >= 4 is 17.3 Å². The van der Waals surface area contributed by atoms with E-state index in [0.29, 0.717) is 6.04 Å². The average molecular weight is 311 g/mol. The molecule has 1 heterocycles. The van der Waals surface area contributed by atoms with E-state index in [0.717, 1.165) is 29.5 Å². The lowest BCUT2D eigenvalue weighted by molar-refractivity contribution is 0.219. The van der Waals surface area contributed by atoms with E-state index in [1.165, 1.54) is 38.9 Å². The molecule has 21 heavy (non-hydrogen) atoms. The van der Waals surface area contributed by atoms with Gasteiger partial charge in [-0.25, -0.2) is 0 Å². The van der Waals surface area contributed by atoms with E-state index in [1.807, 2.05) is 18.2 Å². The highest BCUT2D eigenvalue weighted by atomic mass is 35.5. The molecule has 4 heteroatoms. The van der Waals surface area contributed by atoms with Gasteiger partial charge in [0.15, 0.2) is 0 Å². The molecule has 1 N–H and O–H groups in total. The average Bonchev–Trinajstić information content (AvgIpc) is 2.49. The van der Waals surface area contributed by atoms with Crippen LogP contribution in [0.1, 0.15) is 39.5 Å². The second-order valence-electron chi connectivity index (χ2n) is 5.75. The Hall–Kier alpha value is -0.930. The molecule has 0 bridgehead atoms. The van der Waals surface area contributed by atoms with Crippen LogP contribution in [-0.2, 0) is 0 Å². The number of ether oxygens (including phenoxy) is 1. The molecule has 1 aliphatic rings. The molecule has 1 aromatic rings. The standard InChI is InChI=1S/C17H27ClN2O/c1-3-9-20-10-7-15(8-11-20)19-16-13-14(18)5-6-17(16)21-12-4-2/h5-6,13,15,19H,3-4,7-12H2,1-2H3. The Bertz CT molecular complexity index is 431. The first-order valence-corrected chi connectivity index (χ1v) is 8.52. The normalized spacial score (nSPS) is 16.9. The summed E-state index contributed by atoms with van der Waals surface area (Å²) in [5.74, 6) is 0.914. The predicted octanol–water partition coefficient (Wildman–Crippen LogP) is 4.42. The van der Waals surface area contributed by atoms with Gasteiger partial charge in [0, 0.05) is 24.2 Å². The van der Waals surface area contributed by atoms with E-state index in [9.17, 15) is 0 Å². The third kappa shape index (κ3) is 5.08. The number of nitrogens with zero attached hydrogens (tertiary/aromatic N) is 1. The summed E-state index contributed by atoms with van der Waals surface area (Å²) in [7, 11) is 0. The molecule has 0 amide bonds. The van der Waals surface area contributed by atoms with Gasteiger partial charge in [-0.05, 0) is 50.4 Å². The number of benzene rings is 1. The van der Waals surface area contributed by atoms with Gasteiger partial charge in [0.2, 0.25) is 0 Å². The van der Waals surface area contributed by atoms with E-state index in [4.69, 9.17) is 16.3 Å². The fourth-order valence-electron chi connectivity index (χ4n) is 2.79. The first kappa shape index (κ1) is 16.4. The maximum absolute atomic E-state index is 6.13. The van der Waals surface area contributed by atoms with E-state index >= 15 is 0 Å². The number of halogens is 1. The molecule has 1 fully saturated rings. The summed E-state index contributed by atoms with van der Waals surface area (Å²) in [6.07, 6.45) is 4.61. The Kier molecular flexibility index (Phi) is 6.65. The van der Waals surface area contributed by atoms with Crippen molar-refractivity contribution in [3.8, 4) is 5.75 Å². The first-order chi connectivity index (χ1) is 10.2. The minimum Gasteiger partial charge on any atom is -0.491 e. The lowest BCUT2D eigenvalue weighted by Gasteiger charge is -2.33. The number of anilines is 1. The van der Waals surface area contributed by atoms with E-state index in [1.54, 1.807) is 0 Å². The predicted molar refractivity (Wildman–Crippen MR) is 90.6 cm³/mol. The molecule has 0 radical (unpaired) electrons. The second kappa shape index (κ2) is 8.50. The number of hydrogen-bond donors (Lipinski definition) is 1. The fourth-order valence-corrected chi connectivity index (χ4v) is 2.96. The highest BCUT2D eigenvalue weighted by molar-refractivity contribution is 6.30. The van der Waals surface area contributed by atoms with Gasteiger partial charge in [0.25, 0.3) is 0 Å². The van der Waals surface area contributed by atoms with Crippen LogP contribution < -0.4 is 10.1 Å². The van der Waals surface area contributed by atoms with Gasteiger partial charge < -0.3 is 15.0 Å². The third-order valence-corrected chi connectivity index (χ3v) is 4.13. The Morgan fingerprint density at radius 3 is 2.67 bits per heavy atom. The van der Waals surface area contributed by atoms with Gasteiger partial charge in [-0.2, -0.15) is 0 Å². The van der Waals surface area contributed by atoms with Crippen molar-refractivity contribution in [3.63, 3.8) is 0 Å². The SMILES string of the molecule is CCCOc1ccc(Cl)cc1NC1CCN(CCC)CC1. The van der Waals surface area contributed by atoms with Crippen molar-refractivity contribution in [2.75, 3.05) is 31.6 Å². The Balaban J connectivity index is 1.94. The quantitative estimate of drug-likeness (QED) is 0.807. The molecular formula is C17H27ClN2O. The molecule has 0 spiro atoms. The van der Waals surface area contributed by atoms with E-state index in [2.05, 4.69) is 24.1 Å². The summed E-state index contributed by atoms with van der Waals surface area (Å²) in [6, 6.07) is 6.35. The van der Waals surface area contributed by atoms with Crippen LogP contribution in [0.15, 0.2) is 18.2 Å². The lowest BCUT2D eigenvalue weighted by atomic mass is 10.0. The Labute approximate surface area is 133 Å². The van der Waals surface area contributed by atoms with Crippen molar-refractivity contribution in [1.29, 1.82) is 0 Å². The summed E-state index contributed by atoms with van der Waals surface area (Å²) >= 11 is 6.13. The molecule has 0 atom stereocenters. The smallest absolute Gasteiger partial charge is 0.142 e. The van der Waals surface area contributed by atoms with Crippen LogP contribution in [-0.4, -0.2) is 37.2 Å². The van der Waals surface area contributed by atoms with Crippen LogP contribution in [0.2, 0.25) is 5.02 Å². The van der Waals surface area contributed by atoms with Crippen LogP contribution in [0.25, 0.3) is 0 Å². The fraction of sp³-hybridized carbons (Fsp3) is 0.647. The second-order valence-corrected chi connectivity index (χ2v) is 6.19. The number of hydrogen-bond acceptors (Lipinski definition) is 3. The van der Waals surface area contributed by atoms with Crippen LogP contribution in [0.5, 0.6) is 5.75 Å². The number of likely N-dealkylation sites (tertiary alicyclic amines) is 1. The molecule has 2 rings (SSSR count). The summed E-state index contributed by atoms with van der Waals surface area (Å²) in [5, 5.41) is 4.38. The van der Waals surface area contributed by atoms with Gasteiger partial charge >= 0.3 is 0 Å². The molecule has 118 valence electrons. The molecule has 3 nitrogen and oxygen atoms in total. The molecule has 1 aromatic carbocycles. The van der Waals surface area contributed by atoms with Gasteiger partial charge in [-0.1, -0.05) is 25.4 Å². The molecular weight excluding hydrogens is 284 g/mol. The van der Waals surface area contributed by atoms with Gasteiger partial charge in [-0.3, -0.25) is 0 Å². The van der Waals surface area contributed by atoms with Crippen molar-refractivity contribution in [2.45, 2.75) is 45.6 Å². The first-order valence-electron chi connectivity index (χ1n) is 8.14. The Morgan fingerprint density at radius 2 is 2.00 bits per heavy atom. The van der Waals surface area contributed by atoms with Crippen molar-refractivity contribution < 1.29 is 4.74 Å². The van der Waals surface area contributed by atoms with Crippen molar-refractivity contribution in [3.05, 3.63) is 23.2 Å². The third-order valence-electron chi connectivity index (χ3n) is 3.89. The molecule has 0 unspecified atom stereocenters. The zero-order valence-corrected chi connectivity index (χ0v) is 14.0. The summed E-state index contributed by atoms with van der Waals surface area (Å²) in [6.45, 7) is 8.68. The molecule has 1 saturated heterocycles. The molecule has 0 aromatic heterocycles. The molecule has 0 saturated carbocycles. The van der Waals surface area contributed by atoms with Crippen LogP contribution >= 0.6 is 11.6 Å². The maximum atomic E-state index is 6.13.